The van der Waals surface area contributed by atoms with Crippen LogP contribution in [0.4, 0.5) is 13.2 Å². The minimum Gasteiger partial charge on any atom is -0.207 e. The number of aromatic nitrogens is 2. The zero-order chi connectivity index (χ0) is 18.1. The summed E-state index contributed by atoms with van der Waals surface area (Å²) in [5.74, 6) is -3.14. The lowest BCUT2D eigenvalue weighted by atomic mass is 9.94. The van der Waals surface area contributed by atoms with E-state index in [0.29, 0.717) is 28.4 Å². The van der Waals surface area contributed by atoms with E-state index < -0.39 is 23.0 Å². The topological polar surface area (TPSA) is 25.8 Å². The first-order valence-electron chi connectivity index (χ1n) is 7.28. The van der Waals surface area contributed by atoms with Crippen LogP contribution < -0.4 is 0 Å². The standard InChI is InChI=1S/C18H11Cl2F3N2/c1-9-12(6-10-4-2-3-5-13(10)19)16(18(20)25-24-9)17-14(22)7-11(21)8-15(17)23/h2-5,7-8H,6H2,1H3. The minimum absolute atomic E-state index is 0.0455. The first-order chi connectivity index (χ1) is 11.9. The van der Waals surface area contributed by atoms with Gasteiger partial charge in [0.1, 0.15) is 17.5 Å². The Morgan fingerprint density at radius 3 is 2.20 bits per heavy atom. The molecule has 25 heavy (non-hydrogen) atoms. The highest BCUT2D eigenvalue weighted by Gasteiger charge is 2.23. The molecule has 2 aromatic carbocycles. The Kier molecular flexibility index (Phi) is 4.97. The zero-order valence-corrected chi connectivity index (χ0v) is 14.5. The highest BCUT2D eigenvalue weighted by Crippen LogP contribution is 2.36. The Morgan fingerprint density at radius 1 is 0.920 bits per heavy atom. The highest BCUT2D eigenvalue weighted by atomic mass is 35.5. The first-order valence-corrected chi connectivity index (χ1v) is 8.04. The van der Waals surface area contributed by atoms with Gasteiger partial charge in [-0.25, -0.2) is 13.2 Å². The van der Waals surface area contributed by atoms with Crippen LogP contribution in [0.15, 0.2) is 36.4 Å². The van der Waals surface area contributed by atoms with Crippen LogP contribution in [0.1, 0.15) is 16.8 Å². The Balaban J connectivity index is 2.25. The minimum atomic E-state index is -1.06. The summed E-state index contributed by atoms with van der Waals surface area (Å²) in [6, 6.07) is 8.27. The van der Waals surface area contributed by atoms with Crippen LogP contribution in [0.2, 0.25) is 10.2 Å². The maximum Gasteiger partial charge on any atom is 0.160 e. The fourth-order valence-electron chi connectivity index (χ4n) is 2.62. The maximum absolute atomic E-state index is 14.3. The van der Waals surface area contributed by atoms with Crippen LogP contribution in [0.3, 0.4) is 0 Å². The molecule has 0 unspecified atom stereocenters. The lowest BCUT2D eigenvalue weighted by Crippen LogP contribution is -2.05. The Morgan fingerprint density at radius 2 is 1.56 bits per heavy atom. The van der Waals surface area contributed by atoms with E-state index in [1.165, 1.54) is 0 Å². The van der Waals surface area contributed by atoms with Crippen LogP contribution in [-0.4, -0.2) is 10.2 Å². The molecule has 0 saturated carbocycles. The normalized spacial score (nSPS) is 11.0. The van der Waals surface area contributed by atoms with Crippen LogP contribution in [0.25, 0.3) is 11.1 Å². The van der Waals surface area contributed by atoms with Crippen molar-refractivity contribution in [2.75, 3.05) is 0 Å². The van der Waals surface area contributed by atoms with Gasteiger partial charge >= 0.3 is 0 Å². The molecule has 0 bridgehead atoms. The largest absolute Gasteiger partial charge is 0.207 e. The Labute approximate surface area is 152 Å². The second kappa shape index (κ2) is 7.02. The molecule has 3 aromatic rings. The smallest absolute Gasteiger partial charge is 0.160 e. The van der Waals surface area contributed by atoms with E-state index in [0.717, 1.165) is 5.56 Å². The number of hydrogen-bond donors (Lipinski definition) is 0. The fraction of sp³-hybridized carbons (Fsp3) is 0.111. The highest BCUT2D eigenvalue weighted by molar-refractivity contribution is 6.32. The molecule has 1 aromatic heterocycles. The van der Waals surface area contributed by atoms with Crippen LogP contribution in [-0.2, 0) is 6.42 Å². The molecule has 0 atom stereocenters. The molecule has 1 heterocycles. The number of benzene rings is 2. The van der Waals surface area contributed by atoms with Crippen molar-refractivity contribution in [2.24, 2.45) is 0 Å². The lowest BCUT2D eigenvalue weighted by molar-refractivity contribution is 0.547. The summed E-state index contributed by atoms with van der Waals surface area (Å²) in [5, 5.41) is 7.99. The monoisotopic (exact) mass is 382 g/mol. The molecule has 0 aliphatic carbocycles. The van der Waals surface area contributed by atoms with Crippen molar-refractivity contribution in [3.8, 4) is 11.1 Å². The molecule has 128 valence electrons. The van der Waals surface area contributed by atoms with Gasteiger partial charge in [0.15, 0.2) is 5.15 Å². The van der Waals surface area contributed by atoms with Crippen molar-refractivity contribution in [3.05, 3.63) is 80.8 Å². The predicted molar refractivity (Wildman–Crippen MR) is 91.3 cm³/mol. The number of nitrogens with zero attached hydrogens (tertiary/aromatic N) is 2. The van der Waals surface area contributed by atoms with Crippen molar-refractivity contribution in [2.45, 2.75) is 13.3 Å². The van der Waals surface area contributed by atoms with E-state index >= 15 is 0 Å². The van der Waals surface area contributed by atoms with Crippen LogP contribution >= 0.6 is 23.2 Å². The zero-order valence-electron chi connectivity index (χ0n) is 13.0. The molecule has 0 aliphatic rings. The van der Waals surface area contributed by atoms with Gasteiger partial charge in [-0.2, -0.15) is 5.10 Å². The predicted octanol–water partition coefficient (Wildman–Crippen LogP) is 5.77. The van der Waals surface area contributed by atoms with Crippen molar-refractivity contribution in [1.82, 2.24) is 10.2 Å². The fourth-order valence-corrected chi connectivity index (χ4v) is 3.07. The summed E-state index contributed by atoms with van der Waals surface area (Å²) < 4.78 is 41.8. The van der Waals surface area contributed by atoms with Gasteiger partial charge in [-0.05, 0) is 24.1 Å². The number of halogens is 5. The molecule has 0 radical (unpaired) electrons. The van der Waals surface area contributed by atoms with Gasteiger partial charge in [-0.3, -0.25) is 0 Å². The second-order valence-corrected chi connectivity index (χ2v) is 6.21. The average Bonchev–Trinajstić information content (AvgIpc) is 2.54. The van der Waals surface area contributed by atoms with E-state index in [4.69, 9.17) is 23.2 Å². The molecule has 0 N–H and O–H groups in total. The Bertz CT molecular complexity index is 938. The van der Waals surface area contributed by atoms with E-state index in [-0.39, 0.29) is 17.1 Å². The summed E-state index contributed by atoms with van der Waals surface area (Å²) in [6.45, 7) is 1.65. The molecule has 3 rings (SSSR count). The molecule has 2 nitrogen and oxygen atoms in total. The van der Waals surface area contributed by atoms with Gasteiger partial charge in [-0.1, -0.05) is 41.4 Å². The summed E-state index contributed by atoms with van der Waals surface area (Å²) in [6.07, 6.45) is 0.242. The quantitative estimate of drug-likeness (QED) is 0.574. The molecular formula is C18H11Cl2F3N2. The third kappa shape index (κ3) is 3.48. The molecule has 0 fully saturated rings. The van der Waals surface area contributed by atoms with E-state index in [9.17, 15) is 13.2 Å². The van der Waals surface area contributed by atoms with Gasteiger partial charge in [0.2, 0.25) is 0 Å². The first kappa shape index (κ1) is 17.7. The third-order valence-corrected chi connectivity index (χ3v) is 4.45. The van der Waals surface area contributed by atoms with E-state index in [2.05, 4.69) is 10.2 Å². The Hall–Kier alpha value is -2.11. The average molecular weight is 383 g/mol. The van der Waals surface area contributed by atoms with Gasteiger partial charge in [0.25, 0.3) is 0 Å². The SMILES string of the molecule is Cc1nnc(Cl)c(-c2c(F)cc(F)cc2F)c1Cc1ccccc1Cl. The summed E-state index contributed by atoms with van der Waals surface area (Å²) in [7, 11) is 0. The van der Waals surface area contributed by atoms with E-state index in [1.807, 2.05) is 0 Å². The third-order valence-electron chi connectivity index (χ3n) is 3.81. The molecule has 0 amide bonds. The summed E-state index contributed by atoms with van der Waals surface area (Å²) in [5.41, 5.74) is 1.26. The van der Waals surface area contributed by atoms with Gasteiger partial charge < -0.3 is 0 Å². The number of hydrogen-bond acceptors (Lipinski definition) is 2. The molecule has 7 heteroatoms. The second-order valence-electron chi connectivity index (χ2n) is 5.44. The maximum atomic E-state index is 14.3. The number of rotatable bonds is 3. The van der Waals surface area contributed by atoms with Crippen LogP contribution in [0.5, 0.6) is 0 Å². The van der Waals surface area contributed by atoms with Gasteiger partial charge in [-0.15, -0.1) is 5.10 Å². The van der Waals surface area contributed by atoms with Crippen molar-refractivity contribution >= 4 is 23.2 Å². The van der Waals surface area contributed by atoms with Crippen molar-refractivity contribution < 1.29 is 13.2 Å². The van der Waals surface area contributed by atoms with Gasteiger partial charge in [0, 0.05) is 29.1 Å². The van der Waals surface area contributed by atoms with Gasteiger partial charge in [0.05, 0.1) is 11.3 Å². The van der Waals surface area contributed by atoms with E-state index in [1.54, 1.807) is 31.2 Å². The summed E-state index contributed by atoms with van der Waals surface area (Å²) >= 11 is 12.3. The van der Waals surface area contributed by atoms with Crippen molar-refractivity contribution in [1.29, 1.82) is 0 Å². The van der Waals surface area contributed by atoms with Crippen molar-refractivity contribution in [3.63, 3.8) is 0 Å². The molecular weight excluding hydrogens is 372 g/mol. The molecule has 0 saturated heterocycles. The molecule has 0 spiro atoms. The van der Waals surface area contributed by atoms with Crippen LogP contribution in [0, 0.1) is 24.4 Å². The summed E-state index contributed by atoms with van der Waals surface area (Å²) in [4.78, 5) is 0. The number of aryl methyl sites for hydroxylation is 1. The molecule has 0 aliphatic heterocycles. The lowest BCUT2D eigenvalue weighted by Gasteiger charge is -2.15.